The van der Waals surface area contributed by atoms with Crippen LogP contribution in [-0.4, -0.2) is 11.7 Å². The Morgan fingerprint density at radius 1 is 1.64 bits per heavy atom. The summed E-state index contributed by atoms with van der Waals surface area (Å²) in [6.07, 6.45) is 0. The zero-order valence-corrected chi connectivity index (χ0v) is 8.72. The lowest BCUT2D eigenvalue weighted by molar-refractivity contribution is 0.250. The lowest BCUT2D eigenvalue weighted by Crippen LogP contribution is -2.13. The van der Waals surface area contributed by atoms with Crippen molar-refractivity contribution in [2.45, 2.75) is 6.04 Å². The van der Waals surface area contributed by atoms with Crippen LogP contribution in [0.1, 0.15) is 11.8 Å². The molecule has 0 spiro atoms. The molecule has 3 nitrogen and oxygen atoms in total. The maximum Gasteiger partial charge on any atom is 0.183 e. The van der Waals surface area contributed by atoms with Crippen LogP contribution in [0, 0.1) is 0 Å². The number of furan rings is 1. The van der Waals surface area contributed by atoms with Gasteiger partial charge in [-0.2, -0.15) is 0 Å². The molecular formula is C6H7Br2NO2. The lowest BCUT2D eigenvalue weighted by atomic mass is 10.2. The van der Waals surface area contributed by atoms with Crippen LogP contribution in [0.3, 0.4) is 0 Å². The topological polar surface area (TPSA) is 59.4 Å². The van der Waals surface area contributed by atoms with Gasteiger partial charge in [-0.3, -0.25) is 0 Å². The monoisotopic (exact) mass is 283 g/mol. The molecule has 0 aliphatic rings. The van der Waals surface area contributed by atoms with E-state index in [4.69, 9.17) is 15.3 Å². The zero-order valence-electron chi connectivity index (χ0n) is 5.55. The van der Waals surface area contributed by atoms with Crippen molar-refractivity contribution in [3.63, 3.8) is 0 Å². The Hall–Kier alpha value is 0.160. The predicted molar refractivity (Wildman–Crippen MR) is 48.1 cm³/mol. The van der Waals surface area contributed by atoms with Crippen LogP contribution >= 0.6 is 31.9 Å². The second kappa shape index (κ2) is 3.71. The molecule has 0 amide bonds. The fourth-order valence-corrected chi connectivity index (χ4v) is 1.24. The number of hydrogen-bond acceptors (Lipinski definition) is 3. The number of hydrogen-bond donors (Lipinski definition) is 2. The molecule has 62 valence electrons. The number of nitrogens with two attached hydrogens (primary N) is 1. The smallest absolute Gasteiger partial charge is 0.183 e. The minimum absolute atomic E-state index is 0.119. The summed E-state index contributed by atoms with van der Waals surface area (Å²) in [4.78, 5) is 0. The van der Waals surface area contributed by atoms with Crippen molar-refractivity contribution in [2.24, 2.45) is 5.73 Å². The highest BCUT2D eigenvalue weighted by atomic mass is 79.9. The molecule has 0 radical (unpaired) electrons. The fourth-order valence-electron chi connectivity index (χ4n) is 0.636. The van der Waals surface area contributed by atoms with Gasteiger partial charge in [-0.05, 0) is 37.9 Å². The molecule has 5 heteroatoms. The summed E-state index contributed by atoms with van der Waals surface area (Å²) < 4.78 is 6.55. The molecule has 0 unspecified atom stereocenters. The molecule has 0 bridgehead atoms. The first kappa shape index (κ1) is 9.25. The first-order valence-corrected chi connectivity index (χ1v) is 4.55. The molecular weight excluding hydrogens is 278 g/mol. The van der Waals surface area contributed by atoms with Gasteiger partial charge < -0.3 is 15.3 Å². The van der Waals surface area contributed by atoms with Crippen LogP contribution in [-0.2, 0) is 0 Å². The maximum absolute atomic E-state index is 8.67. The summed E-state index contributed by atoms with van der Waals surface area (Å²) in [7, 11) is 0. The van der Waals surface area contributed by atoms with Gasteiger partial charge in [-0.1, -0.05) is 0 Å². The molecule has 1 heterocycles. The number of rotatable bonds is 2. The number of halogens is 2. The normalized spacial score (nSPS) is 13.5. The second-order valence-electron chi connectivity index (χ2n) is 2.06. The standard InChI is InChI=1S/C6H7Br2NO2/c7-3-1-5(4(9)2-10)11-6(3)8/h1,4,10H,2,9H2/t4-/m0/s1. The summed E-state index contributed by atoms with van der Waals surface area (Å²) in [5.74, 6) is 0.561. The Bertz CT molecular complexity index is 229. The molecule has 0 fully saturated rings. The van der Waals surface area contributed by atoms with E-state index in [-0.39, 0.29) is 6.61 Å². The number of aliphatic hydroxyl groups excluding tert-OH is 1. The highest BCUT2D eigenvalue weighted by Gasteiger charge is 2.11. The summed E-state index contributed by atoms with van der Waals surface area (Å²) >= 11 is 6.40. The zero-order chi connectivity index (χ0) is 8.43. The molecule has 0 aliphatic heterocycles. The molecule has 1 aromatic rings. The van der Waals surface area contributed by atoms with Gasteiger partial charge in [-0.25, -0.2) is 0 Å². The minimum atomic E-state index is -0.447. The van der Waals surface area contributed by atoms with E-state index in [1.54, 1.807) is 6.07 Å². The van der Waals surface area contributed by atoms with Crippen molar-refractivity contribution in [3.05, 3.63) is 21.0 Å². The average molecular weight is 285 g/mol. The van der Waals surface area contributed by atoms with E-state index in [2.05, 4.69) is 31.9 Å². The first-order valence-electron chi connectivity index (χ1n) is 2.96. The molecule has 0 aromatic carbocycles. The molecule has 1 aromatic heterocycles. The average Bonchev–Trinajstić information content (AvgIpc) is 2.31. The van der Waals surface area contributed by atoms with E-state index in [0.717, 1.165) is 4.47 Å². The van der Waals surface area contributed by atoms with Crippen LogP contribution in [0.15, 0.2) is 19.6 Å². The van der Waals surface area contributed by atoms with Crippen molar-refractivity contribution in [3.8, 4) is 0 Å². The Labute approximate surface area is 80.8 Å². The molecule has 3 N–H and O–H groups in total. The van der Waals surface area contributed by atoms with Gasteiger partial charge in [-0.15, -0.1) is 0 Å². The fraction of sp³-hybridized carbons (Fsp3) is 0.333. The number of aliphatic hydroxyl groups is 1. The molecule has 0 saturated carbocycles. The Kier molecular flexibility index (Phi) is 3.12. The third-order valence-electron chi connectivity index (χ3n) is 1.23. The third kappa shape index (κ3) is 2.05. The van der Waals surface area contributed by atoms with Crippen molar-refractivity contribution in [2.75, 3.05) is 6.61 Å². The van der Waals surface area contributed by atoms with Crippen LogP contribution in [0.4, 0.5) is 0 Å². The summed E-state index contributed by atoms with van der Waals surface area (Å²) in [5, 5.41) is 8.67. The van der Waals surface area contributed by atoms with Crippen molar-refractivity contribution >= 4 is 31.9 Å². The minimum Gasteiger partial charge on any atom is -0.451 e. The summed E-state index contributed by atoms with van der Waals surface area (Å²) in [6, 6.07) is 1.28. The van der Waals surface area contributed by atoms with Crippen molar-refractivity contribution < 1.29 is 9.52 Å². The molecule has 0 saturated heterocycles. The Morgan fingerprint density at radius 2 is 2.27 bits per heavy atom. The van der Waals surface area contributed by atoms with Gasteiger partial charge >= 0.3 is 0 Å². The van der Waals surface area contributed by atoms with E-state index < -0.39 is 6.04 Å². The third-order valence-corrected chi connectivity index (χ3v) is 2.94. The van der Waals surface area contributed by atoms with Gasteiger partial charge in [0.1, 0.15) is 5.76 Å². The Balaban J connectivity index is 2.88. The second-order valence-corrected chi connectivity index (χ2v) is 3.63. The summed E-state index contributed by atoms with van der Waals surface area (Å²) in [5.41, 5.74) is 5.49. The quantitative estimate of drug-likeness (QED) is 0.871. The van der Waals surface area contributed by atoms with E-state index in [1.807, 2.05) is 0 Å². The molecule has 11 heavy (non-hydrogen) atoms. The summed E-state index contributed by atoms with van der Waals surface area (Å²) in [6.45, 7) is -0.119. The van der Waals surface area contributed by atoms with Crippen LogP contribution < -0.4 is 5.73 Å². The van der Waals surface area contributed by atoms with E-state index >= 15 is 0 Å². The maximum atomic E-state index is 8.67. The highest BCUT2D eigenvalue weighted by Crippen LogP contribution is 2.28. The predicted octanol–water partition coefficient (Wildman–Crippen LogP) is 1.80. The van der Waals surface area contributed by atoms with Gasteiger partial charge in [0.2, 0.25) is 0 Å². The van der Waals surface area contributed by atoms with Crippen molar-refractivity contribution in [1.29, 1.82) is 0 Å². The van der Waals surface area contributed by atoms with Gasteiger partial charge in [0.15, 0.2) is 4.67 Å². The molecule has 1 atom stereocenters. The van der Waals surface area contributed by atoms with Gasteiger partial charge in [0.25, 0.3) is 0 Å². The van der Waals surface area contributed by atoms with E-state index in [0.29, 0.717) is 10.4 Å². The van der Waals surface area contributed by atoms with E-state index in [9.17, 15) is 0 Å². The van der Waals surface area contributed by atoms with E-state index in [1.165, 1.54) is 0 Å². The van der Waals surface area contributed by atoms with Crippen LogP contribution in [0.25, 0.3) is 0 Å². The molecule has 0 aliphatic carbocycles. The van der Waals surface area contributed by atoms with Crippen molar-refractivity contribution in [1.82, 2.24) is 0 Å². The lowest BCUT2D eigenvalue weighted by Gasteiger charge is -2.01. The Morgan fingerprint density at radius 3 is 2.64 bits per heavy atom. The molecule has 1 rings (SSSR count). The van der Waals surface area contributed by atoms with Crippen LogP contribution in [0.2, 0.25) is 0 Å². The first-order chi connectivity index (χ1) is 5.15. The van der Waals surface area contributed by atoms with Gasteiger partial charge in [0.05, 0.1) is 17.1 Å². The van der Waals surface area contributed by atoms with Gasteiger partial charge in [0, 0.05) is 0 Å². The SMILES string of the molecule is N[C@@H](CO)c1cc(Br)c(Br)o1. The highest BCUT2D eigenvalue weighted by molar-refractivity contribution is 9.13. The van der Waals surface area contributed by atoms with Crippen LogP contribution in [0.5, 0.6) is 0 Å². The largest absolute Gasteiger partial charge is 0.451 e.